The summed E-state index contributed by atoms with van der Waals surface area (Å²) in [6, 6.07) is 9.27. The van der Waals surface area contributed by atoms with E-state index in [-0.39, 0.29) is 11.7 Å². The van der Waals surface area contributed by atoms with Crippen LogP contribution in [0.5, 0.6) is 0 Å². The molecule has 0 unspecified atom stereocenters. The van der Waals surface area contributed by atoms with Crippen molar-refractivity contribution < 1.29 is 14.0 Å². The van der Waals surface area contributed by atoms with Crippen LogP contribution in [0.25, 0.3) is 0 Å². The summed E-state index contributed by atoms with van der Waals surface area (Å²) in [5.74, 6) is 5.34. The molecule has 0 aliphatic carbocycles. The Balaban J connectivity index is 1.80. The van der Waals surface area contributed by atoms with Crippen molar-refractivity contribution >= 4 is 11.8 Å². The van der Waals surface area contributed by atoms with Crippen LogP contribution in [0.4, 0.5) is 0 Å². The number of hydrazine groups is 1. The number of hydrogen-bond acceptors (Lipinski definition) is 4. The number of rotatable bonds is 3. The van der Waals surface area contributed by atoms with E-state index in [1.807, 2.05) is 29.7 Å². The Morgan fingerprint density at radius 1 is 1.43 bits per heavy atom. The van der Waals surface area contributed by atoms with Crippen molar-refractivity contribution in [3.05, 3.63) is 58.5 Å². The van der Waals surface area contributed by atoms with Gasteiger partial charge in [0, 0.05) is 17.7 Å². The van der Waals surface area contributed by atoms with E-state index in [1.165, 1.54) is 0 Å². The highest BCUT2D eigenvalue weighted by Crippen LogP contribution is 2.25. The van der Waals surface area contributed by atoms with Crippen LogP contribution in [0.2, 0.25) is 0 Å². The van der Waals surface area contributed by atoms with Gasteiger partial charge in [0.2, 0.25) is 0 Å². The molecule has 0 bridgehead atoms. The second-order valence-electron chi connectivity index (χ2n) is 5.02. The summed E-state index contributed by atoms with van der Waals surface area (Å²) in [5, 5.41) is 0. The van der Waals surface area contributed by atoms with Crippen molar-refractivity contribution in [2.24, 2.45) is 5.84 Å². The van der Waals surface area contributed by atoms with Gasteiger partial charge in [-0.1, -0.05) is 18.2 Å². The van der Waals surface area contributed by atoms with Crippen LogP contribution in [0.3, 0.4) is 0 Å². The molecule has 0 saturated carbocycles. The van der Waals surface area contributed by atoms with E-state index in [2.05, 4.69) is 0 Å². The van der Waals surface area contributed by atoms with Gasteiger partial charge in [0.1, 0.15) is 5.76 Å². The third-order valence-electron chi connectivity index (χ3n) is 3.55. The number of benzene rings is 1. The normalized spacial score (nSPS) is 13.4. The number of nitrogens with zero attached hydrogens (tertiary/aromatic N) is 1. The SMILES string of the molecule is Cc1cc(CN2Cc3ccccc3C2=O)oc1C(=O)NN. The average molecular weight is 285 g/mol. The standard InChI is InChI=1S/C15H15N3O3/c1-9-6-11(21-13(9)14(19)17-16)8-18-7-10-4-2-3-5-12(10)15(18)20/h2-6H,7-8,16H2,1H3,(H,17,19). The lowest BCUT2D eigenvalue weighted by atomic mass is 10.1. The van der Waals surface area contributed by atoms with Crippen molar-refractivity contribution in [3.63, 3.8) is 0 Å². The molecule has 1 aliphatic heterocycles. The van der Waals surface area contributed by atoms with Crippen LogP contribution in [0, 0.1) is 6.92 Å². The summed E-state index contributed by atoms with van der Waals surface area (Å²) < 4.78 is 5.49. The first-order chi connectivity index (χ1) is 10.1. The first-order valence-electron chi connectivity index (χ1n) is 6.57. The molecule has 1 aromatic carbocycles. The van der Waals surface area contributed by atoms with Crippen molar-refractivity contribution in [3.8, 4) is 0 Å². The van der Waals surface area contributed by atoms with Crippen LogP contribution in [0.15, 0.2) is 34.7 Å². The van der Waals surface area contributed by atoms with Crippen LogP contribution in [-0.4, -0.2) is 16.7 Å². The monoisotopic (exact) mass is 285 g/mol. The number of aryl methyl sites for hydroxylation is 1. The van der Waals surface area contributed by atoms with Gasteiger partial charge in [-0.05, 0) is 24.6 Å². The Bertz CT molecular complexity index is 721. The summed E-state index contributed by atoms with van der Waals surface area (Å²) in [4.78, 5) is 25.5. The number of amides is 2. The molecule has 0 fully saturated rings. The van der Waals surface area contributed by atoms with E-state index in [0.29, 0.717) is 24.4 Å². The van der Waals surface area contributed by atoms with E-state index in [9.17, 15) is 9.59 Å². The maximum Gasteiger partial charge on any atom is 0.301 e. The first kappa shape index (κ1) is 13.4. The van der Waals surface area contributed by atoms with Gasteiger partial charge in [0.05, 0.1) is 6.54 Å². The van der Waals surface area contributed by atoms with Crippen molar-refractivity contribution in [2.75, 3.05) is 0 Å². The summed E-state index contributed by atoms with van der Waals surface area (Å²) >= 11 is 0. The summed E-state index contributed by atoms with van der Waals surface area (Å²) in [6.45, 7) is 2.64. The maximum atomic E-state index is 12.3. The molecule has 108 valence electrons. The molecule has 2 heterocycles. The minimum atomic E-state index is -0.477. The number of nitrogen functional groups attached to an aromatic ring is 1. The fourth-order valence-corrected chi connectivity index (χ4v) is 2.55. The van der Waals surface area contributed by atoms with E-state index in [1.54, 1.807) is 17.9 Å². The van der Waals surface area contributed by atoms with Gasteiger partial charge in [-0.3, -0.25) is 15.0 Å². The molecule has 0 atom stereocenters. The van der Waals surface area contributed by atoms with E-state index in [4.69, 9.17) is 10.3 Å². The van der Waals surface area contributed by atoms with Gasteiger partial charge in [-0.15, -0.1) is 0 Å². The van der Waals surface area contributed by atoms with E-state index in [0.717, 1.165) is 11.1 Å². The predicted molar refractivity (Wildman–Crippen MR) is 75.1 cm³/mol. The lowest BCUT2D eigenvalue weighted by Gasteiger charge is -2.13. The molecule has 0 radical (unpaired) electrons. The fraction of sp³-hybridized carbons (Fsp3) is 0.200. The summed E-state index contributed by atoms with van der Waals surface area (Å²) in [7, 11) is 0. The minimum Gasteiger partial charge on any atom is -0.454 e. The molecule has 3 N–H and O–H groups in total. The number of hydrogen-bond donors (Lipinski definition) is 2. The molecule has 2 amide bonds. The highest BCUT2D eigenvalue weighted by Gasteiger charge is 2.28. The third-order valence-corrected chi connectivity index (χ3v) is 3.55. The molecular weight excluding hydrogens is 270 g/mol. The molecule has 21 heavy (non-hydrogen) atoms. The molecule has 1 aromatic heterocycles. The molecular formula is C15H15N3O3. The molecule has 0 saturated heterocycles. The van der Waals surface area contributed by atoms with Gasteiger partial charge in [0.25, 0.3) is 5.91 Å². The number of furan rings is 1. The van der Waals surface area contributed by atoms with E-state index >= 15 is 0 Å². The van der Waals surface area contributed by atoms with E-state index < -0.39 is 5.91 Å². The second-order valence-corrected chi connectivity index (χ2v) is 5.02. The Labute approximate surface area is 121 Å². The first-order valence-corrected chi connectivity index (χ1v) is 6.57. The zero-order chi connectivity index (χ0) is 15.0. The van der Waals surface area contributed by atoms with Crippen LogP contribution < -0.4 is 11.3 Å². The highest BCUT2D eigenvalue weighted by molar-refractivity contribution is 5.98. The third kappa shape index (κ3) is 2.30. The van der Waals surface area contributed by atoms with Gasteiger partial charge in [0.15, 0.2) is 5.76 Å². The number of carbonyl (C=O) groups excluding carboxylic acids is 2. The van der Waals surface area contributed by atoms with Gasteiger partial charge < -0.3 is 9.32 Å². The quantitative estimate of drug-likeness (QED) is 0.506. The fourth-order valence-electron chi connectivity index (χ4n) is 2.55. The second kappa shape index (κ2) is 5.06. The molecule has 2 aromatic rings. The maximum absolute atomic E-state index is 12.3. The Hall–Kier alpha value is -2.60. The lowest BCUT2D eigenvalue weighted by Crippen LogP contribution is -2.30. The van der Waals surface area contributed by atoms with Gasteiger partial charge >= 0.3 is 5.91 Å². The molecule has 1 aliphatic rings. The van der Waals surface area contributed by atoms with Crippen molar-refractivity contribution in [1.82, 2.24) is 10.3 Å². The highest BCUT2D eigenvalue weighted by atomic mass is 16.4. The Kier molecular flexibility index (Phi) is 3.23. The predicted octanol–water partition coefficient (Wildman–Crippen LogP) is 1.35. The number of nitrogens with one attached hydrogen (secondary N) is 1. The van der Waals surface area contributed by atoms with Gasteiger partial charge in [-0.25, -0.2) is 5.84 Å². The zero-order valence-electron chi connectivity index (χ0n) is 11.6. The Morgan fingerprint density at radius 2 is 2.19 bits per heavy atom. The lowest BCUT2D eigenvalue weighted by molar-refractivity contribution is 0.0754. The number of carbonyl (C=O) groups is 2. The molecule has 0 spiro atoms. The van der Waals surface area contributed by atoms with Crippen LogP contribution in [-0.2, 0) is 13.1 Å². The minimum absolute atomic E-state index is 0.0236. The summed E-state index contributed by atoms with van der Waals surface area (Å²) in [6.07, 6.45) is 0. The number of fused-ring (bicyclic) bond motifs is 1. The summed E-state index contributed by atoms with van der Waals surface area (Å²) in [5.41, 5.74) is 4.46. The van der Waals surface area contributed by atoms with Crippen molar-refractivity contribution in [2.45, 2.75) is 20.0 Å². The topological polar surface area (TPSA) is 88.6 Å². The Morgan fingerprint density at radius 3 is 2.90 bits per heavy atom. The average Bonchev–Trinajstić information content (AvgIpc) is 3.00. The molecule has 3 rings (SSSR count). The smallest absolute Gasteiger partial charge is 0.301 e. The van der Waals surface area contributed by atoms with Crippen LogP contribution >= 0.6 is 0 Å². The molecule has 6 nitrogen and oxygen atoms in total. The largest absolute Gasteiger partial charge is 0.454 e. The van der Waals surface area contributed by atoms with Crippen LogP contribution in [0.1, 0.15) is 37.8 Å². The molecule has 6 heteroatoms. The van der Waals surface area contributed by atoms with Crippen molar-refractivity contribution in [1.29, 1.82) is 0 Å². The van der Waals surface area contributed by atoms with Gasteiger partial charge in [-0.2, -0.15) is 0 Å². The zero-order valence-corrected chi connectivity index (χ0v) is 11.6. The number of nitrogens with two attached hydrogens (primary N) is 1.